The summed E-state index contributed by atoms with van der Waals surface area (Å²) in [6.07, 6.45) is 5.55. The zero-order valence-electron chi connectivity index (χ0n) is 11.3. The molecule has 0 aliphatic heterocycles. The van der Waals surface area contributed by atoms with Crippen LogP contribution in [-0.2, 0) is 0 Å². The molecule has 3 aromatic rings. The minimum absolute atomic E-state index is 0.499. The third kappa shape index (κ3) is 2.54. The fourth-order valence-corrected chi connectivity index (χ4v) is 2.50. The molecule has 2 heterocycles. The molecule has 0 amide bonds. The average Bonchev–Trinajstić information content (AvgIpc) is 2.87. The summed E-state index contributed by atoms with van der Waals surface area (Å²) in [7, 11) is 0. The maximum atomic E-state index is 4.47. The van der Waals surface area contributed by atoms with Gasteiger partial charge in [-0.2, -0.15) is 0 Å². The molecule has 0 saturated carbocycles. The Kier molecular flexibility index (Phi) is 3.44. The summed E-state index contributed by atoms with van der Waals surface area (Å²) in [6, 6.07) is 8.37. The molecule has 102 valence electrons. The monoisotopic (exact) mass is 330 g/mol. The molecule has 1 N–H and O–H groups in total. The molecule has 3 rings (SSSR count). The second kappa shape index (κ2) is 5.25. The van der Waals surface area contributed by atoms with E-state index in [9.17, 15) is 0 Å². The maximum Gasteiger partial charge on any atom is 0.180 e. The summed E-state index contributed by atoms with van der Waals surface area (Å²) in [6.45, 7) is 4.37. The number of hydrogen-bond acceptors (Lipinski definition) is 3. The van der Waals surface area contributed by atoms with Crippen molar-refractivity contribution in [2.24, 2.45) is 0 Å². The largest absolute Gasteiger partial charge is 0.337 e. The Morgan fingerprint density at radius 1 is 1.30 bits per heavy atom. The van der Waals surface area contributed by atoms with Gasteiger partial charge in [-0.05, 0) is 39.5 Å². The van der Waals surface area contributed by atoms with Crippen molar-refractivity contribution in [3.05, 3.63) is 53.0 Å². The molecule has 1 aromatic carbocycles. The van der Waals surface area contributed by atoms with Crippen LogP contribution in [-0.4, -0.2) is 14.4 Å². The van der Waals surface area contributed by atoms with E-state index in [1.54, 1.807) is 6.20 Å². The van der Waals surface area contributed by atoms with Gasteiger partial charge in [0, 0.05) is 24.3 Å². The average molecular weight is 331 g/mol. The smallest absolute Gasteiger partial charge is 0.180 e. The van der Waals surface area contributed by atoms with Crippen molar-refractivity contribution in [1.29, 1.82) is 0 Å². The molecular formula is C15H15BrN4. The normalized spacial score (nSPS) is 11.2. The van der Waals surface area contributed by atoms with Crippen LogP contribution in [0.15, 0.2) is 47.5 Å². The number of imidazole rings is 1. The minimum atomic E-state index is 0.499. The molecule has 0 aliphatic carbocycles. The number of halogens is 1. The summed E-state index contributed by atoms with van der Waals surface area (Å²) in [4.78, 5) is 8.80. The zero-order valence-corrected chi connectivity index (χ0v) is 12.9. The van der Waals surface area contributed by atoms with Crippen molar-refractivity contribution in [2.75, 3.05) is 5.32 Å². The van der Waals surface area contributed by atoms with Crippen LogP contribution in [0.4, 0.5) is 11.5 Å². The molecule has 5 heteroatoms. The van der Waals surface area contributed by atoms with E-state index in [1.165, 1.54) is 5.56 Å². The molecule has 20 heavy (non-hydrogen) atoms. The molecule has 0 bridgehead atoms. The van der Waals surface area contributed by atoms with Gasteiger partial charge in [0.05, 0.1) is 0 Å². The lowest BCUT2D eigenvalue weighted by atomic mass is 10.0. The second-order valence-corrected chi connectivity index (χ2v) is 5.79. The summed E-state index contributed by atoms with van der Waals surface area (Å²) < 4.78 is 2.71. The van der Waals surface area contributed by atoms with Crippen molar-refractivity contribution < 1.29 is 0 Å². The van der Waals surface area contributed by atoms with Crippen LogP contribution in [0, 0.1) is 0 Å². The molecule has 0 fully saturated rings. The highest BCUT2D eigenvalue weighted by Gasteiger charge is 2.07. The van der Waals surface area contributed by atoms with Gasteiger partial charge in [-0.25, -0.2) is 9.97 Å². The number of benzene rings is 1. The zero-order chi connectivity index (χ0) is 14.1. The van der Waals surface area contributed by atoms with Crippen LogP contribution in [0.25, 0.3) is 5.65 Å². The SMILES string of the molecule is CC(C)c1cccc(Nc2nc(Br)cn3ccnc23)c1. The van der Waals surface area contributed by atoms with E-state index >= 15 is 0 Å². The Labute approximate surface area is 126 Å². The van der Waals surface area contributed by atoms with Crippen LogP contribution in [0.5, 0.6) is 0 Å². The van der Waals surface area contributed by atoms with E-state index in [-0.39, 0.29) is 0 Å². The lowest BCUT2D eigenvalue weighted by Crippen LogP contribution is -1.99. The Hall–Kier alpha value is -1.88. The number of aromatic nitrogens is 3. The van der Waals surface area contributed by atoms with E-state index < -0.39 is 0 Å². The third-order valence-corrected chi connectivity index (χ3v) is 3.54. The first-order chi connectivity index (χ1) is 9.63. The second-order valence-electron chi connectivity index (χ2n) is 4.98. The topological polar surface area (TPSA) is 42.2 Å². The molecule has 0 unspecified atom stereocenters. The molecule has 2 aromatic heterocycles. The van der Waals surface area contributed by atoms with Crippen molar-refractivity contribution in [3.63, 3.8) is 0 Å². The van der Waals surface area contributed by atoms with E-state index in [0.29, 0.717) is 5.92 Å². The van der Waals surface area contributed by atoms with E-state index in [4.69, 9.17) is 0 Å². The molecule has 4 nitrogen and oxygen atoms in total. The fraction of sp³-hybridized carbons (Fsp3) is 0.200. The molecule has 0 aliphatic rings. The number of fused-ring (bicyclic) bond motifs is 1. The van der Waals surface area contributed by atoms with Crippen LogP contribution in [0.1, 0.15) is 25.3 Å². The summed E-state index contributed by atoms with van der Waals surface area (Å²) in [5.41, 5.74) is 3.12. The van der Waals surface area contributed by atoms with Gasteiger partial charge in [0.25, 0.3) is 0 Å². The lowest BCUT2D eigenvalue weighted by molar-refractivity contribution is 0.867. The predicted octanol–water partition coefficient (Wildman–Crippen LogP) is 4.36. The molecule has 0 radical (unpaired) electrons. The third-order valence-electron chi connectivity index (χ3n) is 3.16. The first-order valence-corrected chi connectivity index (χ1v) is 7.29. The number of nitrogens with zero attached hydrogens (tertiary/aromatic N) is 3. The Morgan fingerprint density at radius 2 is 2.15 bits per heavy atom. The molecule has 0 spiro atoms. The summed E-state index contributed by atoms with van der Waals surface area (Å²) >= 11 is 3.42. The number of anilines is 2. The Bertz CT molecular complexity index is 748. The fourth-order valence-electron chi connectivity index (χ4n) is 2.10. The Balaban J connectivity index is 2.00. The molecule has 0 atom stereocenters. The molecular weight excluding hydrogens is 316 g/mol. The van der Waals surface area contributed by atoms with E-state index in [2.05, 4.69) is 63.3 Å². The van der Waals surface area contributed by atoms with Gasteiger partial charge in [0.2, 0.25) is 0 Å². The van der Waals surface area contributed by atoms with Gasteiger partial charge in [-0.15, -0.1) is 0 Å². The minimum Gasteiger partial charge on any atom is -0.337 e. The maximum absolute atomic E-state index is 4.47. The van der Waals surface area contributed by atoms with Crippen LogP contribution in [0.3, 0.4) is 0 Å². The highest BCUT2D eigenvalue weighted by atomic mass is 79.9. The predicted molar refractivity (Wildman–Crippen MR) is 84.5 cm³/mol. The van der Waals surface area contributed by atoms with Gasteiger partial charge in [-0.3, -0.25) is 0 Å². The van der Waals surface area contributed by atoms with Gasteiger partial charge in [-0.1, -0.05) is 26.0 Å². The summed E-state index contributed by atoms with van der Waals surface area (Å²) in [5.74, 6) is 1.24. The molecule has 0 saturated heterocycles. The number of nitrogens with one attached hydrogen (secondary N) is 1. The van der Waals surface area contributed by atoms with Crippen LogP contribution < -0.4 is 5.32 Å². The standard InChI is InChI=1S/C15H15BrN4/c1-10(2)11-4-3-5-12(8-11)18-14-15-17-6-7-20(15)9-13(16)19-14/h3-10H,1-2H3,(H,18,19). The quantitative estimate of drug-likeness (QED) is 0.775. The first-order valence-electron chi connectivity index (χ1n) is 6.49. The van der Waals surface area contributed by atoms with Gasteiger partial charge < -0.3 is 9.72 Å². The van der Waals surface area contributed by atoms with Gasteiger partial charge in [0.1, 0.15) is 4.60 Å². The van der Waals surface area contributed by atoms with Gasteiger partial charge in [0.15, 0.2) is 11.5 Å². The summed E-state index contributed by atoms with van der Waals surface area (Å²) in [5, 5.41) is 3.34. The van der Waals surface area contributed by atoms with Crippen molar-refractivity contribution >= 4 is 33.1 Å². The van der Waals surface area contributed by atoms with E-state index in [1.807, 2.05) is 22.9 Å². The Morgan fingerprint density at radius 3 is 2.95 bits per heavy atom. The highest BCUT2D eigenvalue weighted by molar-refractivity contribution is 9.10. The van der Waals surface area contributed by atoms with Crippen LogP contribution in [0.2, 0.25) is 0 Å². The van der Waals surface area contributed by atoms with Crippen molar-refractivity contribution in [3.8, 4) is 0 Å². The lowest BCUT2D eigenvalue weighted by Gasteiger charge is -2.11. The highest BCUT2D eigenvalue weighted by Crippen LogP contribution is 2.24. The van der Waals surface area contributed by atoms with Gasteiger partial charge >= 0.3 is 0 Å². The van der Waals surface area contributed by atoms with Crippen molar-refractivity contribution in [1.82, 2.24) is 14.4 Å². The van der Waals surface area contributed by atoms with Crippen LogP contribution >= 0.6 is 15.9 Å². The van der Waals surface area contributed by atoms with E-state index in [0.717, 1.165) is 21.8 Å². The first kappa shape index (κ1) is 13.1. The van der Waals surface area contributed by atoms with Crippen molar-refractivity contribution in [2.45, 2.75) is 19.8 Å². The number of hydrogen-bond donors (Lipinski definition) is 1. The number of rotatable bonds is 3.